The lowest BCUT2D eigenvalue weighted by Gasteiger charge is -2.36. The highest BCUT2D eigenvalue weighted by Crippen LogP contribution is 2.62. The third-order valence-electron chi connectivity index (χ3n) is 15.6. The van der Waals surface area contributed by atoms with Crippen molar-refractivity contribution in [2.75, 3.05) is 0 Å². The van der Waals surface area contributed by atoms with Gasteiger partial charge in [-0.1, -0.05) is 239 Å². The second-order valence-electron chi connectivity index (χ2n) is 29.7. The molecule has 0 aliphatic heterocycles. The van der Waals surface area contributed by atoms with Gasteiger partial charge in [0.1, 0.15) is 0 Å². The van der Waals surface area contributed by atoms with Crippen LogP contribution in [0.2, 0.25) is 0 Å². The van der Waals surface area contributed by atoms with E-state index in [4.69, 9.17) is 12.6 Å². The van der Waals surface area contributed by atoms with Crippen LogP contribution in [0.5, 0.6) is 0 Å². The second kappa shape index (κ2) is 16.3. The number of fused-ring (bicyclic) bond motifs is 6. The Labute approximate surface area is 434 Å². The van der Waals surface area contributed by atoms with E-state index in [1.54, 1.807) is 0 Å². The number of hydrogen-bond acceptors (Lipinski definition) is 3. The molecule has 0 saturated heterocycles. The molecule has 0 N–H and O–H groups in total. The minimum absolute atomic E-state index is 0.0469. The van der Waals surface area contributed by atoms with Gasteiger partial charge in [0.25, 0.3) is 0 Å². The van der Waals surface area contributed by atoms with Crippen LogP contribution in [0, 0.1) is 0 Å². The summed E-state index contributed by atoms with van der Waals surface area (Å²) in [5.41, 5.74) is 22.1. The van der Waals surface area contributed by atoms with Gasteiger partial charge in [-0.3, -0.25) is 0 Å². The smallest absolute Gasteiger partial charge is 0.387 e. The van der Waals surface area contributed by atoms with Gasteiger partial charge in [-0.15, -0.1) is 0 Å². The van der Waals surface area contributed by atoms with Crippen LogP contribution in [0.15, 0.2) is 91.5 Å². The summed E-state index contributed by atoms with van der Waals surface area (Å²) < 4.78 is 19.6. The van der Waals surface area contributed by atoms with E-state index in [0.29, 0.717) is 0 Å². The van der Waals surface area contributed by atoms with Crippen molar-refractivity contribution in [1.82, 2.24) is 0 Å². The van der Waals surface area contributed by atoms with E-state index in [2.05, 4.69) is 245 Å². The Bertz CT molecular complexity index is 3560. The van der Waals surface area contributed by atoms with Crippen molar-refractivity contribution in [3.8, 4) is 44.5 Å². The molecule has 0 amide bonds. The minimum atomic E-state index is -1.53. The average molecular weight is 981 g/mol. The molecular formula is C68H85O3P. The Hall–Kier alpha value is -4.98. The first-order valence-electron chi connectivity index (χ1n) is 26.7. The van der Waals surface area contributed by atoms with E-state index in [1.807, 2.05) is 0 Å². The van der Waals surface area contributed by atoms with E-state index in [-0.39, 0.29) is 43.3 Å². The fraction of sp³-hybridized carbons (Fsp3) is 0.471. The highest BCUT2D eigenvalue weighted by atomic mass is 31.1. The van der Waals surface area contributed by atoms with Gasteiger partial charge in [-0.2, -0.15) is 0 Å². The van der Waals surface area contributed by atoms with Crippen LogP contribution in [0.25, 0.3) is 82.8 Å². The van der Waals surface area contributed by atoms with Crippen molar-refractivity contribution < 1.29 is 12.6 Å². The van der Waals surface area contributed by atoms with Crippen LogP contribution in [-0.4, -0.2) is 0 Å². The van der Waals surface area contributed by atoms with E-state index in [1.165, 1.54) is 99.8 Å². The molecule has 3 nitrogen and oxygen atoms in total. The summed E-state index contributed by atoms with van der Waals surface area (Å²) in [6.45, 7) is 56.9. The molecule has 2 aromatic heterocycles. The standard InChI is InChI=1S/C68H85O3P/c1-61(2,3)38-25-29-42(47(33-38)65(13,14)15)52-53(43-30-26-39(62(4,5)6)34-48(43)66(16,17)18)55(45-32-28-41(64(10,11)12)36-50(45)68(22,23)24)58-56(46-37-51-59-60(57(46)58)71-72(69-51)70-59)54(52)44-31-27-40(63(7,8)9)35-49(44)67(19,20)21/h25-37H,1-24H3. The lowest BCUT2D eigenvalue weighted by atomic mass is 9.67. The molecule has 0 aliphatic rings. The molecule has 0 spiro atoms. The van der Waals surface area contributed by atoms with Crippen LogP contribution >= 0.6 is 8.06 Å². The Morgan fingerprint density at radius 1 is 0.278 bits per heavy atom. The highest BCUT2D eigenvalue weighted by molar-refractivity contribution is 7.27. The summed E-state index contributed by atoms with van der Waals surface area (Å²) in [4.78, 5) is 0. The van der Waals surface area contributed by atoms with E-state index < -0.39 is 8.06 Å². The predicted octanol–water partition coefficient (Wildman–Crippen LogP) is 21.8. The zero-order valence-corrected chi connectivity index (χ0v) is 49.6. The molecule has 0 fully saturated rings. The van der Waals surface area contributed by atoms with Gasteiger partial charge in [-0.25, -0.2) is 0 Å². The second-order valence-corrected chi connectivity index (χ2v) is 30.7. The molecule has 4 heteroatoms. The van der Waals surface area contributed by atoms with Gasteiger partial charge in [0, 0.05) is 10.8 Å². The zero-order valence-electron chi connectivity index (χ0n) is 48.7. The molecule has 2 bridgehead atoms. The Morgan fingerprint density at radius 3 is 0.861 bits per heavy atom. The largest absolute Gasteiger partial charge is 0.453 e. The van der Waals surface area contributed by atoms with E-state index >= 15 is 0 Å². The quantitative estimate of drug-likeness (QED) is 0.176. The van der Waals surface area contributed by atoms with Gasteiger partial charge in [-0.05, 0) is 149 Å². The minimum Gasteiger partial charge on any atom is -0.387 e. The maximum atomic E-state index is 6.75. The molecule has 9 rings (SSSR count). The van der Waals surface area contributed by atoms with Crippen molar-refractivity contribution in [1.29, 1.82) is 0 Å². The maximum Gasteiger partial charge on any atom is 0.453 e. The molecule has 0 saturated carbocycles. The summed E-state index contributed by atoms with van der Waals surface area (Å²) in [6.07, 6.45) is 0. The van der Waals surface area contributed by atoms with Crippen molar-refractivity contribution in [3.05, 3.63) is 123 Å². The Morgan fingerprint density at radius 2 is 0.569 bits per heavy atom. The van der Waals surface area contributed by atoms with Crippen molar-refractivity contribution in [2.45, 2.75) is 209 Å². The molecule has 9 aromatic rings. The lowest BCUT2D eigenvalue weighted by Crippen LogP contribution is -2.20. The van der Waals surface area contributed by atoms with Crippen LogP contribution in [0.1, 0.15) is 211 Å². The molecule has 72 heavy (non-hydrogen) atoms. The molecule has 380 valence electrons. The highest BCUT2D eigenvalue weighted by Gasteiger charge is 2.39. The number of rotatable bonds is 4. The van der Waals surface area contributed by atoms with Crippen LogP contribution in [0.4, 0.5) is 0 Å². The molecular weight excluding hydrogens is 896 g/mol. The van der Waals surface area contributed by atoms with Crippen LogP contribution in [0.3, 0.4) is 0 Å². The molecule has 7 aromatic carbocycles. The number of benzene rings is 6. The van der Waals surface area contributed by atoms with E-state index in [9.17, 15) is 0 Å². The maximum absolute atomic E-state index is 6.75. The first-order chi connectivity index (χ1) is 32.8. The average Bonchev–Trinajstić information content (AvgIpc) is 3.83. The SMILES string of the molecule is CC(C)(C)c1ccc(-c2c(-c3ccc(C(C)(C)C)cc3C(C)(C)C)c(-c3ccc(C(C)(C)C)cc3C(C)(C)C)c3c(c2-c2ccc(C(C)(C)C)cc2C(C)(C)C)c2cc4op5oc4c(o5)c23)c(C(C)(C)C)c1. The summed E-state index contributed by atoms with van der Waals surface area (Å²) in [5.74, 6) is 0. The molecule has 1 unspecified atom stereocenters. The van der Waals surface area contributed by atoms with Gasteiger partial charge < -0.3 is 12.6 Å². The zero-order chi connectivity index (χ0) is 53.2. The van der Waals surface area contributed by atoms with Gasteiger partial charge in [0.2, 0.25) is 5.58 Å². The fourth-order valence-corrected chi connectivity index (χ4v) is 12.3. The first kappa shape index (κ1) is 51.9. The van der Waals surface area contributed by atoms with Crippen LogP contribution < -0.4 is 0 Å². The number of hydrogen-bond donors (Lipinski definition) is 0. The Kier molecular flexibility index (Phi) is 11.7. The molecule has 2 heterocycles. The fourth-order valence-electron chi connectivity index (χ4n) is 11.3. The Balaban J connectivity index is 1.70. The lowest BCUT2D eigenvalue weighted by molar-refractivity contribution is 0.568. The third-order valence-corrected chi connectivity index (χ3v) is 16.6. The third kappa shape index (κ3) is 8.70. The van der Waals surface area contributed by atoms with Gasteiger partial charge >= 0.3 is 8.06 Å². The first-order valence-corrected chi connectivity index (χ1v) is 27.8. The normalized spacial score (nSPS) is 14.4. The molecule has 0 radical (unpaired) electrons. The van der Waals surface area contributed by atoms with Crippen molar-refractivity contribution in [2.24, 2.45) is 0 Å². The topological polar surface area (TPSA) is 39.4 Å². The summed E-state index contributed by atoms with van der Waals surface area (Å²) in [5, 5.41) is 4.78. The predicted molar refractivity (Wildman–Crippen MR) is 314 cm³/mol. The molecule has 0 aliphatic carbocycles. The summed E-state index contributed by atoms with van der Waals surface area (Å²) in [7, 11) is -1.53. The van der Waals surface area contributed by atoms with E-state index in [0.717, 1.165) is 27.5 Å². The van der Waals surface area contributed by atoms with Gasteiger partial charge in [0.15, 0.2) is 11.2 Å². The van der Waals surface area contributed by atoms with Gasteiger partial charge in [0.05, 0.1) is 0 Å². The summed E-state index contributed by atoms with van der Waals surface area (Å²) in [6, 6.07) is 32.0. The van der Waals surface area contributed by atoms with Crippen molar-refractivity contribution >= 4 is 46.4 Å². The van der Waals surface area contributed by atoms with Crippen molar-refractivity contribution in [3.63, 3.8) is 0 Å². The summed E-state index contributed by atoms with van der Waals surface area (Å²) >= 11 is 0. The molecule has 1 atom stereocenters. The monoisotopic (exact) mass is 981 g/mol. The van der Waals surface area contributed by atoms with Crippen LogP contribution in [-0.2, 0) is 43.3 Å².